The Morgan fingerprint density at radius 2 is 1.33 bits per heavy atom. The molecule has 1 heterocycles. The van der Waals surface area contributed by atoms with Crippen molar-refractivity contribution in [3.63, 3.8) is 0 Å². The number of aromatic nitrogens is 3. The van der Waals surface area contributed by atoms with E-state index in [1.54, 1.807) is 18.2 Å². The van der Waals surface area contributed by atoms with Crippen LogP contribution in [0.25, 0.3) is 28.5 Å². The van der Waals surface area contributed by atoms with Crippen LogP contribution in [0.2, 0.25) is 0 Å². The molecule has 1 aromatic heterocycles. The van der Waals surface area contributed by atoms with Gasteiger partial charge in [0.25, 0.3) is 0 Å². The van der Waals surface area contributed by atoms with Crippen molar-refractivity contribution < 1.29 is 0 Å². The Bertz CT molecular complexity index is 2170. The van der Waals surface area contributed by atoms with Crippen molar-refractivity contribution in [1.82, 2.24) is 15.0 Å². The van der Waals surface area contributed by atoms with E-state index >= 15 is 0 Å². The molecule has 8 heteroatoms. The first-order valence-corrected chi connectivity index (χ1v) is 18.3. The minimum Gasteiger partial charge on any atom is -0.405 e. The van der Waals surface area contributed by atoms with E-state index in [0.29, 0.717) is 35.4 Å². The molecule has 1 saturated carbocycles. The summed E-state index contributed by atoms with van der Waals surface area (Å²) in [5.74, 6) is 2.19. The number of benzene rings is 4. The highest BCUT2D eigenvalue weighted by molar-refractivity contribution is 6.12. The molecule has 0 saturated heterocycles. The molecular formula is C46H46N8. The molecule has 0 bridgehead atoms. The Kier molecular flexibility index (Phi) is 12.7. The Hall–Kier alpha value is -6.38. The van der Waals surface area contributed by atoms with Crippen LogP contribution in [0.15, 0.2) is 167 Å². The molecule has 0 unspecified atom stereocenters. The first-order valence-electron chi connectivity index (χ1n) is 18.3. The minimum absolute atomic E-state index is 0.133. The quantitative estimate of drug-likeness (QED) is 0.0715. The second-order valence-electron chi connectivity index (χ2n) is 13.0. The molecule has 8 nitrogen and oxygen atoms in total. The molecule has 0 radical (unpaired) electrons. The fourth-order valence-electron chi connectivity index (χ4n) is 7.01. The molecule has 0 aliphatic heterocycles. The third-order valence-electron chi connectivity index (χ3n) is 9.70. The second kappa shape index (κ2) is 18.4. The third-order valence-corrected chi connectivity index (χ3v) is 9.70. The summed E-state index contributed by atoms with van der Waals surface area (Å²) in [5, 5.41) is 0. The van der Waals surface area contributed by atoms with E-state index in [-0.39, 0.29) is 12.1 Å². The average molecular weight is 711 g/mol. The molecule has 1 fully saturated rings. The topological polar surface area (TPSA) is 128 Å². The van der Waals surface area contributed by atoms with Gasteiger partial charge in [-0.1, -0.05) is 153 Å². The van der Waals surface area contributed by atoms with Crippen molar-refractivity contribution in [2.45, 2.75) is 43.9 Å². The molecule has 4 N–H and O–H groups in total. The molecule has 5 aromatic rings. The maximum absolute atomic E-state index is 5.98. The Morgan fingerprint density at radius 3 is 1.93 bits per heavy atom. The zero-order valence-corrected chi connectivity index (χ0v) is 30.6. The van der Waals surface area contributed by atoms with E-state index in [4.69, 9.17) is 31.4 Å². The fourth-order valence-corrected chi connectivity index (χ4v) is 7.01. The van der Waals surface area contributed by atoms with Gasteiger partial charge in [-0.05, 0) is 54.6 Å². The van der Waals surface area contributed by atoms with Gasteiger partial charge in [-0.15, -0.1) is 0 Å². The summed E-state index contributed by atoms with van der Waals surface area (Å²) in [7, 11) is 0. The summed E-state index contributed by atoms with van der Waals surface area (Å²) in [6, 6.07) is 37.5. The number of amidine groups is 1. The van der Waals surface area contributed by atoms with Crippen LogP contribution >= 0.6 is 0 Å². The van der Waals surface area contributed by atoms with Crippen LogP contribution in [0.1, 0.15) is 66.6 Å². The largest absolute Gasteiger partial charge is 0.405 e. The molecule has 270 valence electrons. The van der Waals surface area contributed by atoms with Gasteiger partial charge in [0, 0.05) is 28.5 Å². The SMILES string of the molecule is C=C/C=C(\N=C)c1nc(-c2ccccc2)nc(-c2ccc(C3(c4ccc(/C(N=C(C/C=C\C=C/N)c5ccccc5)=N/CN)cc4)CCCCC3)cc2)n1. The first kappa shape index (κ1) is 37.4. The van der Waals surface area contributed by atoms with Gasteiger partial charge in [0.15, 0.2) is 23.3 Å². The van der Waals surface area contributed by atoms with Crippen LogP contribution in [0.5, 0.6) is 0 Å². The summed E-state index contributed by atoms with van der Waals surface area (Å²) in [5.41, 5.74) is 19.1. The van der Waals surface area contributed by atoms with Crippen molar-refractivity contribution in [2.75, 3.05) is 6.67 Å². The second-order valence-corrected chi connectivity index (χ2v) is 13.0. The van der Waals surface area contributed by atoms with E-state index in [1.165, 1.54) is 23.7 Å². The van der Waals surface area contributed by atoms with Crippen molar-refractivity contribution in [2.24, 2.45) is 26.4 Å². The summed E-state index contributed by atoms with van der Waals surface area (Å²) in [4.78, 5) is 28.3. The highest BCUT2D eigenvalue weighted by Gasteiger charge is 2.35. The molecule has 0 atom stereocenters. The molecule has 4 aromatic carbocycles. The van der Waals surface area contributed by atoms with Gasteiger partial charge in [-0.3, -0.25) is 9.98 Å². The lowest BCUT2D eigenvalue weighted by atomic mass is 9.65. The van der Waals surface area contributed by atoms with Gasteiger partial charge in [0.05, 0.1) is 12.4 Å². The highest BCUT2D eigenvalue weighted by atomic mass is 15.1. The Labute approximate surface area is 318 Å². The van der Waals surface area contributed by atoms with Gasteiger partial charge in [0.1, 0.15) is 5.70 Å². The highest BCUT2D eigenvalue weighted by Crippen LogP contribution is 2.45. The number of nitrogens with two attached hydrogens (primary N) is 2. The number of hydrogen-bond donors (Lipinski definition) is 2. The van der Waals surface area contributed by atoms with Gasteiger partial charge in [-0.25, -0.2) is 19.9 Å². The van der Waals surface area contributed by atoms with Crippen molar-refractivity contribution in [1.29, 1.82) is 0 Å². The van der Waals surface area contributed by atoms with Gasteiger partial charge in [-0.2, -0.15) is 0 Å². The number of aliphatic imine (C=N–C) groups is 3. The van der Waals surface area contributed by atoms with Crippen molar-refractivity contribution in [3.05, 3.63) is 180 Å². The molecule has 54 heavy (non-hydrogen) atoms. The Morgan fingerprint density at radius 1 is 0.722 bits per heavy atom. The standard InChI is InChI=1S/C46H46N8/c1-3-16-41(49-2)45-53-43(35-19-10-5-11-20-35)52-44(54-45)37-24-28-39(29-25-37)46(30-13-7-14-31-46)38-26-22-36(23-27-38)42(50-33-48)51-40(21-12-6-15-32-47)34-17-8-4-9-18-34/h3-6,8-12,15-20,22-29,32H,1-2,7,13-14,21,30-31,33,47-48H2/b12-6-,32-15-,41-16-,50-42-,51-40?. The van der Waals surface area contributed by atoms with Crippen LogP contribution < -0.4 is 11.5 Å². The van der Waals surface area contributed by atoms with Crippen LogP contribution in [-0.4, -0.2) is 39.9 Å². The van der Waals surface area contributed by atoms with E-state index in [0.717, 1.165) is 53.6 Å². The number of allylic oxidation sites excluding steroid dienone is 5. The van der Waals surface area contributed by atoms with E-state index in [9.17, 15) is 0 Å². The van der Waals surface area contributed by atoms with Crippen molar-refractivity contribution in [3.8, 4) is 22.8 Å². The lowest BCUT2D eigenvalue weighted by Crippen LogP contribution is -2.30. The molecule has 0 amide bonds. The fraction of sp³-hybridized carbons (Fsp3) is 0.174. The van der Waals surface area contributed by atoms with Crippen LogP contribution in [0, 0.1) is 0 Å². The van der Waals surface area contributed by atoms with Gasteiger partial charge in [0.2, 0.25) is 0 Å². The van der Waals surface area contributed by atoms with E-state index < -0.39 is 0 Å². The van der Waals surface area contributed by atoms with Crippen LogP contribution in [-0.2, 0) is 5.41 Å². The smallest absolute Gasteiger partial charge is 0.182 e. The van der Waals surface area contributed by atoms with Gasteiger partial charge >= 0.3 is 0 Å². The third kappa shape index (κ3) is 8.80. The lowest BCUT2D eigenvalue weighted by molar-refractivity contribution is 0.346. The van der Waals surface area contributed by atoms with Crippen LogP contribution in [0.4, 0.5) is 0 Å². The number of rotatable bonds is 13. The van der Waals surface area contributed by atoms with Crippen molar-refractivity contribution >= 4 is 24.0 Å². The van der Waals surface area contributed by atoms with E-state index in [1.807, 2.05) is 60.7 Å². The zero-order chi connectivity index (χ0) is 37.6. The molecule has 0 spiro atoms. The maximum Gasteiger partial charge on any atom is 0.182 e. The average Bonchev–Trinajstić information content (AvgIpc) is 3.24. The summed E-state index contributed by atoms with van der Waals surface area (Å²) >= 11 is 0. The molecule has 6 rings (SSSR count). The monoisotopic (exact) mass is 710 g/mol. The predicted octanol–water partition coefficient (Wildman–Crippen LogP) is 9.25. The molecule has 1 aliphatic rings. The molecule has 1 aliphatic carbocycles. The summed E-state index contributed by atoms with van der Waals surface area (Å²) in [6.45, 7) is 7.69. The first-order chi connectivity index (χ1) is 26.6. The lowest BCUT2D eigenvalue weighted by Gasteiger charge is -2.39. The number of nitrogens with zero attached hydrogens (tertiary/aromatic N) is 6. The number of hydrogen-bond acceptors (Lipinski definition) is 7. The van der Waals surface area contributed by atoms with Crippen LogP contribution in [0.3, 0.4) is 0 Å². The zero-order valence-electron chi connectivity index (χ0n) is 30.6. The summed E-state index contributed by atoms with van der Waals surface area (Å²) < 4.78 is 0. The predicted molar refractivity (Wildman–Crippen MR) is 224 cm³/mol. The van der Waals surface area contributed by atoms with Gasteiger partial charge < -0.3 is 11.5 Å². The molecular weight excluding hydrogens is 665 g/mol. The Balaban J connectivity index is 1.35. The van der Waals surface area contributed by atoms with E-state index in [2.05, 4.69) is 83.9 Å². The maximum atomic E-state index is 5.98. The normalized spacial score (nSPS) is 15.1. The minimum atomic E-state index is -0.133. The summed E-state index contributed by atoms with van der Waals surface area (Å²) in [6.07, 6.45) is 17.0.